The Kier molecular flexibility index (Phi) is 4.71. The molecule has 23 heavy (non-hydrogen) atoms. The van der Waals surface area contributed by atoms with Gasteiger partial charge in [0, 0.05) is 22.4 Å². The van der Waals surface area contributed by atoms with Crippen molar-refractivity contribution >= 4 is 50.0 Å². The summed E-state index contributed by atoms with van der Waals surface area (Å²) in [6, 6.07) is 6.99. The maximum absolute atomic E-state index is 11.9. The molecule has 2 unspecified atom stereocenters. The minimum absolute atomic E-state index is 0.0798. The highest BCUT2D eigenvalue weighted by Gasteiger charge is 2.49. The van der Waals surface area contributed by atoms with Crippen molar-refractivity contribution in [3.63, 3.8) is 0 Å². The van der Waals surface area contributed by atoms with Crippen molar-refractivity contribution in [3.05, 3.63) is 29.3 Å². The van der Waals surface area contributed by atoms with Gasteiger partial charge in [-0.2, -0.15) is 4.99 Å². The maximum atomic E-state index is 11.9. The van der Waals surface area contributed by atoms with Gasteiger partial charge in [-0.3, -0.25) is 4.79 Å². The van der Waals surface area contributed by atoms with Crippen molar-refractivity contribution < 1.29 is 13.2 Å². The van der Waals surface area contributed by atoms with E-state index in [2.05, 4.69) is 4.99 Å². The van der Waals surface area contributed by atoms with E-state index >= 15 is 0 Å². The van der Waals surface area contributed by atoms with Gasteiger partial charge in [0.2, 0.25) is 5.91 Å². The Morgan fingerprint density at radius 3 is 2.70 bits per heavy atom. The van der Waals surface area contributed by atoms with Crippen LogP contribution < -0.4 is 4.90 Å². The van der Waals surface area contributed by atoms with Crippen LogP contribution >= 0.6 is 23.4 Å². The van der Waals surface area contributed by atoms with E-state index < -0.39 is 9.84 Å². The van der Waals surface area contributed by atoms with Gasteiger partial charge in [-0.05, 0) is 30.7 Å². The Balaban J connectivity index is 1.97. The molecule has 1 amide bonds. The van der Waals surface area contributed by atoms with E-state index in [1.54, 1.807) is 12.1 Å². The summed E-state index contributed by atoms with van der Waals surface area (Å²) in [4.78, 5) is 18.0. The number of anilines is 1. The van der Waals surface area contributed by atoms with Crippen molar-refractivity contribution in [2.75, 3.05) is 16.4 Å². The van der Waals surface area contributed by atoms with E-state index in [9.17, 15) is 13.2 Å². The highest BCUT2D eigenvalue weighted by Crippen LogP contribution is 2.41. The summed E-state index contributed by atoms with van der Waals surface area (Å²) >= 11 is 7.32. The number of thioether (sulfide) groups is 1. The zero-order valence-electron chi connectivity index (χ0n) is 12.6. The van der Waals surface area contributed by atoms with E-state index in [4.69, 9.17) is 11.6 Å². The van der Waals surface area contributed by atoms with Crippen LogP contribution in [0, 0.1) is 0 Å². The molecule has 0 spiro atoms. The topological polar surface area (TPSA) is 66.8 Å². The number of nitrogens with zero attached hydrogens (tertiary/aromatic N) is 2. The van der Waals surface area contributed by atoms with Crippen LogP contribution in [0.25, 0.3) is 0 Å². The highest BCUT2D eigenvalue weighted by atomic mass is 35.5. The lowest BCUT2D eigenvalue weighted by atomic mass is 10.2. The van der Waals surface area contributed by atoms with Crippen molar-refractivity contribution in [2.45, 2.75) is 31.1 Å². The normalized spacial score (nSPS) is 27.4. The van der Waals surface area contributed by atoms with E-state index in [-0.39, 0.29) is 28.7 Å². The minimum Gasteiger partial charge on any atom is -0.316 e. The smallest absolute Gasteiger partial charge is 0.248 e. The number of carbonyl (C=O) groups is 1. The van der Waals surface area contributed by atoms with Gasteiger partial charge < -0.3 is 4.90 Å². The van der Waals surface area contributed by atoms with Crippen molar-refractivity contribution in [2.24, 2.45) is 4.99 Å². The lowest BCUT2D eigenvalue weighted by molar-refractivity contribution is -0.117. The zero-order valence-corrected chi connectivity index (χ0v) is 15.0. The maximum Gasteiger partial charge on any atom is 0.248 e. The molecule has 0 radical (unpaired) electrons. The van der Waals surface area contributed by atoms with E-state index in [1.165, 1.54) is 11.8 Å². The second kappa shape index (κ2) is 6.45. The Bertz CT molecular complexity index is 746. The third-order valence-electron chi connectivity index (χ3n) is 3.86. The monoisotopic (exact) mass is 372 g/mol. The van der Waals surface area contributed by atoms with Crippen LogP contribution in [0.4, 0.5) is 5.69 Å². The van der Waals surface area contributed by atoms with Crippen LogP contribution in [-0.2, 0) is 14.6 Å². The fraction of sp³-hybridized carbons (Fsp3) is 0.467. The molecule has 0 aliphatic carbocycles. The molecule has 1 aromatic carbocycles. The van der Waals surface area contributed by atoms with E-state index in [0.717, 1.165) is 12.1 Å². The lowest BCUT2D eigenvalue weighted by Gasteiger charge is -2.24. The molecule has 0 aromatic heterocycles. The molecule has 124 valence electrons. The van der Waals surface area contributed by atoms with Gasteiger partial charge in [-0.15, -0.1) is 0 Å². The van der Waals surface area contributed by atoms with E-state index in [0.29, 0.717) is 16.6 Å². The molecule has 3 rings (SSSR count). The third kappa shape index (κ3) is 3.56. The first-order chi connectivity index (χ1) is 10.9. The average Bonchev–Trinajstić information content (AvgIpc) is 2.91. The molecule has 5 nitrogen and oxygen atoms in total. The molecule has 0 bridgehead atoms. The van der Waals surface area contributed by atoms with Gasteiger partial charge in [0.1, 0.15) is 0 Å². The predicted octanol–water partition coefficient (Wildman–Crippen LogP) is 2.74. The second-order valence-electron chi connectivity index (χ2n) is 5.69. The third-order valence-corrected chi connectivity index (χ3v) is 7.32. The molecule has 1 aromatic rings. The summed E-state index contributed by atoms with van der Waals surface area (Å²) in [6.07, 6.45) is 1.13. The Hall–Kier alpha value is -1.05. The molecule has 2 aliphatic rings. The number of aliphatic imine (C=N–C) groups is 1. The average molecular weight is 373 g/mol. The fourth-order valence-electron chi connectivity index (χ4n) is 2.84. The number of fused-ring (bicyclic) bond motifs is 1. The number of hydrogen-bond donors (Lipinski definition) is 0. The molecular formula is C15H17ClN2O3S2. The molecule has 8 heteroatoms. The molecule has 2 fully saturated rings. The van der Waals surface area contributed by atoms with Crippen molar-refractivity contribution in [3.8, 4) is 0 Å². The molecular weight excluding hydrogens is 356 g/mol. The van der Waals surface area contributed by atoms with Gasteiger partial charge in [-0.25, -0.2) is 8.42 Å². The van der Waals surface area contributed by atoms with Crippen LogP contribution in [0.15, 0.2) is 29.3 Å². The SMILES string of the molecule is CCCC(=O)N=C1SC2CS(=O)(=O)CC2N1c1ccc(Cl)cc1. The Labute approximate surface area is 145 Å². The summed E-state index contributed by atoms with van der Waals surface area (Å²) in [5.41, 5.74) is 0.814. The number of benzene rings is 1. The van der Waals surface area contributed by atoms with Crippen LogP contribution in [0.2, 0.25) is 5.02 Å². The minimum atomic E-state index is -3.05. The number of sulfone groups is 1. The number of rotatable bonds is 3. The predicted molar refractivity (Wildman–Crippen MR) is 95.1 cm³/mol. The van der Waals surface area contributed by atoms with Crippen LogP contribution in [0.1, 0.15) is 19.8 Å². The number of amidine groups is 1. The van der Waals surface area contributed by atoms with Gasteiger partial charge in [-0.1, -0.05) is 30.3 Å². The molecule has 2 aliphatic heterocycles. The summed E-state index contributed by atoms with van der Waals surface area (Å²) < 4.78 is 23.9. The van der Waals surface area contributed by atoms with Gasteiger partial charge in [0.25, 0.3) is 0 Å². The molecule has 0 saturated carbocycles. The fourth-order valence-corrected chi connectivity index (χ4v) is 6.90. The number of amides is 1. The Morgan fingerprint density at radius 2 is 2.04 bits per heavy atom. The van der Waals surface area contributed by atoms with Crippen LogP contribution in [0.3, 0.4) is 0 Å². The standard InChI is InChI=1S/C15H17ClN2O3S2/c1-2-3-14(19)17-15-18(11-6-4-10(16)5-7-11)12-8-23(20,21)9-13(12)22-15/h4-7,12-13H,2-3,8-9H2,1H3. The molecule has 0 N–H and O–H groups in total. The lowest BCUT2D eigenvalue weighted by Crippen LogP contribution is -2.37. The van der Waals surface area contributed by atoms with Gasteiger partial charge in [0.15, 0.2) is 15.0 Å². The molecule has 2 saturated heterocycles. The van der Waals surface area contributed by atoms with E-state index in [1.807, 2.05) is 24.0 Å². The largest absolute Gasteiger partial charge is 0.316 e. The van der Waals surface area contributed by atoms with Crippen molar-refractivity contribution in [1.82, 2.24) is 0 Å². The number of halogens is 1. The van der Waals surface area contributed by atoms with Gasteiger partial charge >= 0.3 is 0 Å². The molecule has 2 heterocycles. The second-order valence-corrected chi connectivity index (χ2v) is 9.48. The number of hydrogen-bond acceptors (Lipinski definition) is 4. The van der Waals surface area contributed by atoms with Crippen LogP contribution in [0.5, 0.6) is 0 Å². The summed E-state index contributed by atoms with van der Waals surface area (Å²) in [5.74, 6) is 0.0543. The Morgan fingerprint density at radius 1 is 1.35 bits per heavy atom. The molecule has 2 atom stereocenters. The summed E-state index contributed by atoms with van der Waals surface area (Å²) in [5, 5.41) is 1.12. The summed E-state index contributed by atoms with van der Waals surface area (Å²) in [7, 11) is -3.05. The first kappa shape index (κ1) is 16.8. The summed E-state index contributed by atoms with van der Waals surface area (Å²) in [6.45, 7) is 1.93. The van der Waals surface area contributed by atoms with Crippen LogP contribution in [-0.4, -0.2) is 42.3 Å². The zero-order chi connectivity index (χ0) is 16.6. The van der Waals surface area contributed by atoms with Crippen molar-refractivity contribution in [1.29, 1.82) is 0 Å². The number of carbonyl (C=O) groups excluding carboxylic acids is 1. The first-order valence-corrected chi connectivity index (χ1v) is 10.5. The quantitative estimate of drug-likeness (QED) is 0.816. The van der Waals surface area contributed by atoms with Gasteiger partial charge in [0.05, 0.1) is 17.5 Å². The highest BCUT2D eigenvalue weighted by molar-refractivity contribution is 8.16. The first-order valence-electron chi connectivity index (χ1n) is 7.43.